The Hall–Kier alpha value is -3.40. The van der Waals surface area contributed by atoms with Gasteiger partial charge in [-0.25, -0.2) is 4.98 Å². The van der Waals surface area contributed by atoms with Crippen molar-refractivity contribution in [2.24, 2.45) is 73.9 Å². The number of methoxy groups -OCH3 is 1. The van der Waals surface area contributed by atoms with Crippen molar-refractivity contribution in [2.45, 2.75) is 170 Å². The predicted octanol–water partition coefficient (Wildman–Crippen LogP) is 11.7. The molecule has 10 heteroatoms. The first-order valence-electron chi connectivity index (χ1n) is 25.9. The van der Waals surface area contributed by atoms with Crippen molar-refractivity contribution < 1.29 is 33.7 Å². The van der Waals surface area contributed by atoms with Gasteiger partial charge in [-0.3, -0.25) is 14.4 Å². The van der Waals surface area contributed by atoms with E-state index in [-0.39, 0.29) is 51.1 Å². The molecular weight excluding hydrogens is 815 g/mol. The highest BCUT2D eigenvalue weighted by Gasteiger charge is 2.72. The molecule has 1 aliphatic heterocycles. The maximum atomic E-state index is 15.7. The van der Waals surface area contributed by atoms with Crippen LogP contribution in [0.5, 0.6) is 5.75 Å². The number of H-pyrrole nitrogens is 1. The molecule has 1 amide bonds. The van der Waals surface area contributed by atoms with Crippen LogP contribution >= 0.6 is 0 Å². The highest BCUT2D eigenvalue weighted by atomic mass is 16.5. The lowest BCUT2D eigenvalue weighted by molar-refractivity contribution is -0.252. The van der Waals surface area contributed by atoms with Gasteiger partial charge in [0.25, 0.3) is 0 Å². The predicted molar refractivity (Wildman–Crippen MR) is 252 cm³/mol. The molecule has 13 atom stereocenters. The van der Waals surface area contributed by atoms with Crippen LogP contribution in [0.25, 0.3) is 11.3 Å². The zero-order chi connectivity index (χ0) is 46.3. The van der Waals surface area contributed by atoms with Crippen molar-refractivity contribution in [1.29, 1.82) is 0 Å². The van der Waals surface area contributed by atoms with E-state index in [2.05, 4.69) is 63.6 Å². The number of carbonyl (C=O) groups excluding carboxylic acids is 2. The molecule has 0 spiro atoms. The molecular formula is C55H81N3O7. The van der Waals surface area contributed by atoms with Crippen LogP contribution in [0.3, 0.4) is 0 Å². The molecule has 6 aliphatic carbocycles. The Morgan fingerprint density at radius 2 is 1.60 bits per heavy atom. The Morgan fingerprint density at radius 3 is 2.31 bits per heavy atom. The molecule has 7 aliphatic rings. The molecule has 2 N–H and O–H groups in total. The second kappa shape index (κ2) is 17.0. The average Bonchev–Trinajstić information content (AvgIpc) is 4.04. The Labute approximate surface area is 389 Å². The first-order chi connectivity index (χ1) is 30.9. The Kier molecular flexibility index (Phi) is 12.2. The second-order valence-corrected chi connectivity index (χ2v) is 24.3. The van der Waals surface area contributed by atoms with Crippen molar-refractivity contribution >= 4 is 17.8 Å². The van der Waals surface area contributed by atoms with Crippen LogP contribution in [0.15, 0.2) is 30.5 Å². The summed E-state index contributed by atoms with van der Waals surface area (Å²) in [6, 6.07) is 8.08. The number of fused-ring (bicyclic) bond motifs is 7. The fourth-order valence-electron chi connectivity index (χ4n) is 17.3. The maximum absolute atomic E-state index is 15.7. The van der Waals surface area contributed by atoms with Crippen LogP contribution < -0.4 is 4.74 Å². The van der Waals surface area contributed by atoms with Crippen molar-refractivity contribution in [3.05, 3.63) is 36.3 Å². The number of carboxylic acid groups (broad SMARTS) is 1. The normalized spacial score (nSPS) is 40.1. The maximum Gasteiger partial charge on any atom is 0.309 e. The number of amides is 1. The molecule has 9 rings (SSSR count). The van der Waals surface area contributed by atoms with Crippen molar-refractivity contribution in [3.63, 3.8) is 0 Å². The first kappa shape index (κ1) is 46.7. The third-order valence-electron chi connectivity index (χ3n) is 21.1. The summed E-state index contributed by atoms with van der Waals surface area (Å²) < 4.78 is 17.4. The molecule has 65 heavy (non-hydrogen) atoms. The number of hydrogen-bond acceptors (Lipinski definition) is 7. The van der Waals surface area contributed by atoms with Crippen LogP contribution in [0, 0.1) is 73.9 Å². The summed E-state index contributed by atoms with van der Waals surface area (Å²) in [5.74, 6) is 2.78. The average molecular weight is 896 g/mol. The number of nitrogens with one attached hydrogen (secondary N) is 1. The molecule has 1 aromatic carbocycles. The number of aromatic amines is 1. The van der Waals surface area contributed by atoms with Gasteiger partial charge in [0, 0.05) is 19.1 Å². The molecule has 0 radical (unpaired) electrons. The van der Waals surface area contributed by atoms with E-state index in [9.17, 15) is 14.7 Å². The summed E-state index contributed by atoms with van der Waals surface area (Å²) >= 11 is 0. The Balaban J connectivity index is 0.942. The fraction of sp³-hybridized carbons (Fsp3) is 0.782. The number of esters is 1. The minimum absolute atomic E-state index is 0.0333. The van der Waals surface area contributed by atoms with Gasteiger partial charge in [-0.05, 0) is 165 Å². The first-order valence-corrected chi connectivity index (χ1v) is 25.9. The van der Waals surface area contributed by atoms with Gasteiger partial charge in [0.1, 0.15) is 24.3 Å². The zero-order valence-corrected chi connectivity index (χ0v) is 41.3. The molecule has 6 saturated carbocycles. The fourth-order valence-corrected chi connectivity index (χ4v) is 17.3. The van der Waals surface area contributed by atoms with Crippen LogP contribution in [0.4, 0.5) is 0 Å². The van der Waals surface area contributed by atoms with E-state index in [1.54, 1.807) is 7.11 Å². The molecule has 1 saturated heterocycles. The number of carbonyl (C=O) groups is 3. The number of rotatable bonds is 13. The van der Waals surface area contributed by atoms with Crippen molar-refractivity contribution in [2.75, 3.05) is 26.9 Å². The highest BCUT2D eigenvalue weighted by molar-refractivity contribution is 5.85. The molecule has 358 valence electrons. The third kappa shape index (κ3) is 7.23. The minimum Gasteiger partial charge on any atom is -0.491 e. The third-order valence-corrected chi connectivity index (χ3v) is 21.1. The number of likely N-dealkylation sites (tertiary alicyclic amines) is 1. The number of hydrogen-bond donors (Lipinski definition) is 2. The van der Waals surface area contributed by atoms with E-state index in [1.807, 2.05) is 32.2 Å². The zero-order valence-electron chi connectivity index (χ0n) is 41.3. The molecule has 2 aromatic rings. The number of aromatic nitrogens is 2. The largest absolute Gasteiger partial charge is 0.491 e. The summed E-state index contributed by atoms with van der Waals surface area (Å²) in [7, 11) is 1.68. The van der Waals surface area contributed by atoms with Crippen LogP contribution in [-0.2, 0) is 23.9 Å². The van der Waals surface area contributed by atoms with Gasteiger partial charge >= 0.3 is 11.9 Å². The molecule has 7 fully saturated rings. The molecule has 10 nitrogen and oxygen atoms in total. The number of benzene rings is 1. The number of carboxylic acids is 1. The summed E-state index contributed by atoms with van der Waals surface area (Å²) in [5, 5.41) is 9.74. The van der Waals surface area contributed by atoms with Crippen molar-refractivity contribution in [1.82, 2.24) is 14.9 Å². The van der Waals surface area contributed by atoms with Gasteiger partial charge in [-0.2, -0.15) is 0 Å². The summed E-state index contributed by atoms with van der Waals surface area (Å²) in [6.45, 7) is 20.7. The van der Waals surface area contributed by atoms with Crippen LogP contribution in [0.1, 0.15) is 170 Å². The van der Waals surface area contributed by atoms with E-state index in [0.717, 1.165) is 80.7 Å². The molecule has 0 bridgehead atoms. The molecule has 0 unspecified atom stereocenters. The highest BCUT2D eigenvalue weighted by Crippen LogP contribution is 2.78. The number of aliphatic carboxylic acids is 1. The summed E-state index contributed by atoms with van der Waals surface area (Å²) in [6.07, 6.45) is 18.6. The lowest BCUT2D eigenvalue weighted by atomic mass is 9.32. The van der Waals surface area contributed by atoms with Gasteiger partial charge in [0.15, 0.2) is 0 Å². The van der Waals surface area contributed by atoms with E-state index in [1.165, 1.54) is 44.9 Å². The lowest BCUT2D eigenvalue weighted by Gasteiger charge is -2.73. The van der Waals surface area contributed by atoms with Gasteiger partial charge in [-0.1, -0.05) is 74.7 Å². The van der Waals surface area contributed by atoms with Crippen molar-refractivity contribution in [3.8, 4) is 17.0 Å². The topological polar surface area (TPSA) is 131 Å². The Morgan fingerprint density at radius 1 is 0.831 bits per heavy atom. The smallest absolute Gasteiger partial charge is 0.309 e. The van der Waals surface area contributed by atoms with Crippen LogP contribution in [0.2, 0.25) is 0 Å². The molecule has 1 aromatic heterocycles. The number of nitrogens with zero attached hydrogens (tertiary/aromatic N) is 2. The number of unbranched alkanes of at least 4 members (excludes halogenated alkanes) is 1. The standard InChI is InChI=1S/C55H81N3O7/c1-10-11-13-35-21-26-55(49(62)58-29-12-14-41(58)46-56-33-40(57-46)34-15-17-36(18-16-34)64-31-30-63-9)28-27-53(7)37(45(35)55)19-20-43-52(6)24-23-44(51(4,5)42(52)22-25-54(43,53)8)65-48(61)39-32-38(47(59)60)50(39,2)3/h15-18,33,35,37-39,41-45H,10-14,19-32H2,1-9H3,(H,56,57)(H,59,60)/t35-,37-,38+,39-,41+,42+,43-,44+,45-,52+,53-,54-,55+/m1/s1. The monoisotopic (exact) mass is 896 g/mol. The summed E-state index contributed by atoms with van der Waals surface area (Å²) in [4.78, 5) is 52.3. The second-order valence-electron chi connectivity index (χ2n) is 24.3. The van der Waals surface area contributed by atoms with Gasteiger partial charge in [0.2, 0.25) is 5.91 Å². The van der Waals surface area contributed by atoms with Crippen LogP contribution in [-0.4, -0.2) is 70.8 Å². The SMILES string of the molecule is CCCC[C@@H]1CC[C@]2(C(=O)N3CCC[C@H]3c3ncc(-c4ccc(OCCOC)cc4)[nH]3)CC[C@]3(C)[C@H](CC[C@@H]4[C@@]5(C)CC[C@H](OC(=O)[C@H]6C[C@@H](C(=O)O)C6(C)C)C(C)(C)[C@@H]5CC[C@]43C)[C@@H]12. The van der Waals surface area contributed by atoms with Gasteiger partial charge in [-0.15, -0.1) is 0 Å². The Bertz CT molecular complexity index is 2100. The summed E-state index contributed by atoms with van der Waals surface area (Å²) in [5.41, 5.74) is 1.35. The molecule has 2 heterocycles. The van der Waals surface area contributed by atoms with E-state index < -0.39 is 17.3 Å². The number of imidazole rings is 1. The minimum atomic E-state index is -0.815. The van der Waals surface area contributed by atoms with Gasteiger partial charge in [0.05, 0.1) is 41.8 Å². The number of ether oxygens (including phenoxy) is 3. The quantitative estimate of drug-likeness (QED) is 0.150. The van der Waals surface area contributed by atoms with E-state index in [0.29, 0.717) is 55.1 Å². The van der Waals surface area contributed by atoms with E-state index in [4.69, 9.17) is 19.2 Å². The van der Waals surface area contributed by atoms with Gasteiger partial charge < -0.3 is 29.2 Å². The van der Waals surface area contributed by atoms with E-state index >= 15 is 4.79 Å². The lowest BCUT2D eigenvalue weighted by Crippen LogP contribution is -2.67.